The minimum atomic E-state index is -1.04. The van der Waals surface area contributed by atoms with Gasteiger partial charge in [0.15, 0.2) is 17.5 Å². The molecule has 4 nitrogen and oxygen atoms in total. The molecule has 86 valence electrons. The van der Waals surface area contributed by atoms with Gasteiger partial charge in [0.1, 0.15) is 0 Å². The van der Waals surface area contributed by atoms with Gasteiger partial charge in [0, 0.05) is 7.05 Å². The molecule has 0 unspecified atom stereocenters. The second-order valence-corrected chi connectivity index (χ2v) is 2.94. The van der Waals surface area contributed by atoms with Crippen molar-refractivity contribution >= 4 is 12.3 Å². The summed E-state index contributed by atoms with van der Waals surface area (Å²) in [6.07, 6.45) is 0. The normalized spacial score (nSPS) is 11.1. The van der Waals surface area contributed by atoms with E-state index >= 15 is 0 Å². The fourth-order valence-electron chi connectivity index (χ4n) is 1.23. The molecular formula is C10H10F2N2O2. The number of hydrogen-bond acceptors (Lipinski definition) is 3. The fraction of sp³-hybridized carbons (Fsp3) is 0.200. The van der Waals surface area contributed by atoms with Gasteiger partial charge in [-0.1, -0.05) is 6.07 Å². The Labute approximate surface area is 90.9 Å². The van der Waals surface area contributed by atoms with Crippen LogP contribution in [0.3, 0.4) is 0 Å². The lowest BCUT2D eigenvalue weighted by Gasteiger charge is -2.10. The molecule has 1 rings (SSSR count). The molecule has 0 aromatic heterocycles. The summed E-state index contributed by atoms with van der Waals surface area (Å²) in [7, 11) is 1.36. The number of carbonyl (C=O) groups is 1. The van der Waals surface area contributed by atoms with E-state index in [0.717, 1.165) is 6.07 Å². The lowest BCUT2D eigenvalue weighted by molar-refractivity contribution is -0.132. The van der Waals surface area contributed by atoms with Gasteiger partial charge in [-0.05, 0) is 18.6 Å². The number of benzene rings is 1. The zero-order valence-corrected chi connectivity index (χ0v) is 8.75. The molecule has 0 radical (unpaired) electrons. The summed E-state index contributed by atoms with van der Waals surface area (Å²) in [6.45, 7) is 1.71. The molecule has 0 bridgehead atoms. The van der Waals surface area contributed by atoms with Gasteiger partial charge >= 0.3 is 6.47 Å². The SMILES string of the molecule is CN=C(NOC=O)c1c(C)ccc(F)c1F. The quantitative estimate of drug-likeness (QED) is 0.367. The van der Waals surface area contributed by atoms with Crippen LogP contribution in [0, 0.1) is 18.6 Å². The van der Waals surface area contributed by atoms with Gasteiger partial charge in [-0.25, -0.2) is 14.3 Å². The molecule has 0 fully saturated rings. The summed E-state index contributed by atoms with van der Waals surface area (Å²) in [6, 6.07) is 2.42. The predicted octanol–water partition coefficient (Wildman–Crippen LogP) is 1.33. The van der Waals surface area contributed by atoms with Gasteiger partial charge in [-0.3, -0.25) is 9.79 Å². The smallest absolute Gasteiger partial charge is 0.320 e. The molecule has 0 atom stereocenters. The molecule has 0 aliphatic rings. The highest BCUT2D eigenvalue weighted by Crippen LogP contribution is 2.16. The van der Waals surface area contributed by atoms with Crippen LogP contribution in [-0.4, -0.2) is 19.4 Å². The van der Waals surface area contributed by atoms with E-state index in [4.69, 9.17) is 0 Å². The van der Waals surface area contributed by atoms with E-state index in [-0.39, 0.29) is 17.9 Å². The number of rotatable bonds is 3. The maximum absolute atomic E-state index is 13.5. The molecule has 0 saturated carbocycles. The van der Waals surface area contributed by atoms with Crippen molar-refractivity contribution in [1.82, 2.24) is 5.48 Å². The van der Waals surface area contributed by atoms with Crippen molar-refractivity contribution in [3.8, 4) is 0 Å². The number of hydrogen-bond donors (Lipinski definition) is 1. The Bertz CT molecular complexity index is 433. The van der Waals surface area contributed by atoms with Gasteiger partial charge in [-0.15, -0.1) is 0 Å². The molecule has 0 spiro atoms. The number of hydroxylamine groups is 1. The van der Waals surface area contributed by atoms with Crippen molar-refractivity contribution in [2.24, 2.45) is 4.99 Å². The molecule has 1 aromatic carbocycles. The van der Waals surface area contributed by atoms with E-state index in [9.17, 15) is 13.6 Å². The average molecular weight is 228 g/mol. The first-order valence-corrected chi connectivity index (χ1v) is 4.38. The first kappa shape index (κ1) is 12.1. The Balaban J connectivity index is 3.19. The van der Waals surface area contributed by atoms with Crippen LogP contribution < -0.4 is 5.48 Å². The molecule has 0 saturated heterocycles. The van der Waals surface area contributed by atoms with Crippen molar-refractivity contribution in [3.63, 3.8) is 0 Å². The third-order valence-corrected chi connectivity index (χ3v) is 1.97. The maximum Gasteiger partial charge on any atom is 0.320 e. The minimum absolute atomic E-state index is 0.0541. The Kier molecular flexibility index (Phi) is 3.93. The highest BCUT2D eigenvalue weighted by atomic mass is 19.2. The molecule has 0 aliphatic carbocycles. The monoisotopic (exact) mass is 228 g/mol. The van der Waals surface area contributed by atoms with Gasteiger partial charge in [-0.2, -0.15) is 0 Å². The lowest BCUT2D eigenvalue weighted by atomic mass is 10.1. The van der Waals surface area contributed by atoms with E-state index in [1.54, 1.807) is 6.92 Å². The highest BCUT2D eigenvalue weighted by molar-refractivity contribution is 5.99. The first-order valence-electron chi connectivity index (χ1n) is 4.38. The third-order valence-electron chi connectivity index (χ3n) is 1.97. The minimum Gasteiger partial charge on any atom is -0.345 e. The summed E-state index contributed by atoms with van der Waals surface area (Å²) in [4.78, 5) is 17.9. The van der Waals surface area contributed by atoms with Crippen molar-refractivity contribution in [1.29, 1.82) is 0 Å². The topological polar surface area (TPSA) is 50.7 Å². The Morgan fingerprint density at radius 3 is 2.75 bits per heavy atom. The van der Waals surface area contributed by atoms with Gasteiger partial charge in [0.2, 0.25) is 0 Å². The largest absolute Gasteiger partial charge is 0.345 e. The number of amidine groups is 1. The highest BCUT2D eigenvalue weighted by Gasteiger charge is 2.16. The van der Waals surface area contributed by atoms with Gasteiger partial charge < -0.3 is 4.84 Å². The standard InChI is InChI=1S/C10H10F2N2O2/c1-6-3-4-7(11)9(12)8(6)10(13-2)14-16-5-15/h3-5H,1-2H3,(H,13,14). The molecule has 0 heterocycles. The molecule has 1 N–H and O–H groups in total. The fourth-order valence-corrected chi connectivity index (χ4v) is 1.23. The van der Waals surface area contributed by atoms with E-state index in [0.29, 0.717) is 5.56 Å². The summed E-state index contributed by atoms with van der Waals surface area (Å²) in [5.41, 5.74) is 2.53. The van der Waals surface area contributed by atoms with E-state index in [1.165, 1.54) is 13.1 Å². The van der Waals surface area contributed by atoms with Crippen LogP contribution in [-0.2, 0) is 9.63 Å². The predicted molar refractivity (Wildman–Crippen MR) is 53.8 cm³/mol. The summed E-state index contributed by atoms with van der Waals surface area (Å²) in [5.74, 6) is -2.08. The third kappa shape index (κ3) is 2.33. The molecule has 0 amide bonds. The van der Waals surface area contributed by atoms with Crippen molar-refractivity contribution in [2.45, 2.75) is 6.92 Å². The van der Waals surface area contributed by atoms with Crippen molar-refractivity contribution in [3.05, 3.63) is 34.9 Å². The molecule has 0 aliphatic heterocycles. The summed E-state index contributed by atoms with van der Waals surface area (Å²) in [5, 5.41) is 0. The molecule has 1 aromatic rings. The van der Waals surface area contributed by atoms with Crippen LogP contribution in [0.5, 0.6) is 0 Å². The Morgan fingerprint density at radius 1 is 1.50 bits per heavy atom. The number of nitrogens with one attached hydrogen (secondary N) is 1. The number of halogens is 2. The number of nitrogens with zero attached hydrogens (tertiary/aromatic N) is 1. The molecular weight excluding hydrogens is 218 g/mol. The molecule has 16 heavy (non-hydrogen) atoms. The Morgan fingerprint density at radius 2 is 2.19 bits per heavy atom. The lowest BCUT2D eigenvalue weighted by Crippen LogP contribution is -2.26. The van der Waals surface area contributed by atoms with Crippen molar-refractivity contribution < 1.29 is 18.4 Å². The van der Waals surface area contributed by atoms with E-state index in [1.807, 2.05) is 0 Å². The zero-order chi connectivity index (χ0) is 12.1. The second kappa shape index (κ2) is 5.20. The Hall–Kier alpha value is -1.98. The van der Waals surface area contributed by atoms with E-state index in [2.05, 4.69) is 15.3 Å². The van der Waals surface area contributed by atoms with Crippen LogP contribution in [0.2, 0.25) is 0 Å². The molecule has 6 heteroatoms. The van der Waals surface area contributed by atoms with Crippen LogP contribution >= 0.6 is 0 Å². The van der Waals surface area contributed by atoms with E-state index < -0.39 is 11.6 Å². The van der Waals surface area contributed by atoms with Gasteiger partial charge in [0.25, 0.3) is 0 Å². The average Bonchev–Trinajstić information content (AvgIpc) is 2.28. The van der Waals surface area contributed by atoms with Crippen LogP contribution in [0.4, 0.5) is 8.78 Å². The summed E-state index contributed by atoms with van der Waals surface area (Å²) >= 11 is 0. The van der Waals surface area contributed by atoms with Crippen LogP contribution in [0.1, 0.15) is 11.1 Å². The maximum atomic E-state index is 13.5. The number of aryl methyl sites for hydroxylation is 1. The van der Waals surface area contributed by atoms with Crippen LogP contribution in [0.15, 0.2) is 17.1 Å². The number of aliphatic imine (C=N–C) groups is 1. The first-order chi connectivity index (χ1) is 7.61. The van der Waals surface area contributed by atoms with Crippen LogP contribution in [0.25, 0.3) is 0 Å². The zero-order valence-electron chi connectivity index (χ0n) is 8.75. The summed E-state index contributed by atoms with van der Waals surface area (Å²) < 4.78 is 26.5. The van der Waals surface area contributed by atoms with Crippen molar-refractivity contribution in [2.75, 3.05) is 7.05 Å². The number of carbonyl (C=O) groups excluding carboxylic acids is 1. The van der Waals surface area contributed by atoms with Gasteiger partial charge in [0.05, 0.1) is 5.56 Å². The second-order valence-electron chi connectivity index (χ2n) is 2.94.